The van der Waals surface area contributed by atoms with Crippen molar-refractivity contribution in [2.45, 2.75) is 32.4 Å². The van der Waals surface area contributed by atoms with Crippen LogP contribution in [-0.4, -0.2) is 34.2 Å². The van der Waals surface area contributed by atoms with Gasteiger partial charge < -0.3 is 10.0 Å². The van der Waals surface area contributed by atoms with Gasteiger partial charge in [0.15, 0.2) is 0 Å². The van der Waals surface area contributed by atoms with Crippen molar-refractivity contribution in [2.75, 3.05) is 7.05 Å². The Hall–Kier alpha value is -0.740. The minimum atomic E-state index is -0.827. The summed E-state index contributed by atoms with van der Waals surface area (Å²) in [6, 6.07) is 0.175. The number of hydrogen-bond acceptors (Lipinski definition) is 4. The highest BCUT2D eigenvalue weighted by Gasteiger charge is 2.20. The summed E-state index contributed by atoms with van der Waals surface area (Å²) in [7, 11) is 1.95. The topological polar surface area (TPSA) is 35.8 Å². The molecule has 3 nitrogen and oxygen atoms in total. The lowest BCUT2D eigenvalue weighted by Gasteiger charge is -2.21. The number of aliphatic hydroxyl groups is 1. The lowest BCUT2D eigenvalue weighted by atomic mass is 10.1. The van der Waals surface area contributed by atoms with Gasteiger partial charge in [0.05, 0.1) is 17.2 Å². The molecule has 0 saturated carbocycles. The van der Waals surface area contributed by atoms with E-state index in [0.29, 0.717) is 0 Å². The third-order valence-electron chi connectivity index (χ3n) is 2.00. The Bertz CT molecular complexity index is 302. The SMILES string of the molecule is CC1C=CN(C)/C=C(/C(C)(C)O)S/C=N/1. The summed E-state index contributed by atoms with van der Waals surface area (Å²) >= 11 is 1.46. The van der Waals surface area contributed by atoms with Crippen molar-refractivity contribution in [1.29, 1.82) is 0 Å². The molecule has 0 aromatic rings. The van der Waals surface area contributed by atoms with Crippen LogP contribution in [0.15, 0.2) is 28.4 Å². The molecule has 0 aromatic carbocycles. The molecule has 0 amide bonds. The molecule has 1 heterocycles. The maximum absolute atomic E-state index is 9.93. The molecule has 0 spiro atoms. The molecule has 0 aliphatic carbocycles. The first kappa shape index (κ1) is 12.3. The number of rotatable bonds is 1. The van der Waals surface area contributed by atoms with Gasteiger partial charge in [0.25, 0.3) is 0 Å². The summed E-state index contributed by atoms with van der Waals surface area (Å²) < 4.78 is 0. The van der Waals surface area contributed by atoms with Crippen LogP contribution in [0.2, 0.25) is 0 Å². The normalized spacial score (nSPS) is 28.7. The van der Waals surface area contributed by atoms with Crippen LogP contribution in [-0.2, 0) is 0 Å². The Morgan fingerprint density at radius 3 is 2.80 bits per heavy atom. The van der Waals surface area contributed by atoms with E-state index < -0.39 is 5.60 Å². The van der Waals surface area contributed by atoms with Crippen molar-refractivity contribution >= 4 is 17.3 Å². The fourth-order valence-corrected chi connectivity index (χ4v) is 1.94. The highest BCUT2D eigenvalue weighted by atomic mass is 32.2. The van der Waals surface area contributed by atoms with E-state index in [0.717, 1.165) is 4.91 Å². The number of hydrogen-bond donors (Lipinski definition) is 1. The molecule has 0 radical (unpaired) electrons. The van der Waals surface area contributed by atoms with Crippen LogP contribution in [0, 0.1) is 0 Å². The third-order valence-corrected chi connectivity index (χ3v) is 3.09. The predicted molar refractivity (Wildman–Crippen MR) is 66.8 cm³/mol. The van der Waals surface area contributed by atoms with Gasteiger partial charge in [0, 0.05) is 24.4 Å². The monoisotopic (exact) mass is 226 g/mol. The van der Waals surface area contributed by atoms with E-state index in [1.807, 2.05) is 37.3 Å². The summed E-state index contributed by atoms with van der Waals surface area (Å²) in [5.74, 6) is 0. The molecule has 0 bridgehead atoms. The second-order valence-electron chi connectivity index (χ2n) is 4.17. The molecule has 0 saturated heterocycles. The Balaban J connectivity index is 2.93. The van der Waals surface area contributed by atoms with Crippen molar-refractivity contribution in [3.8, 4) is 0 Å². The molecule has 0 aromatic heterocycles. The van der Waals surface area contributed by atoms with Gasteiger partial charge in [0.2, 0.25) is 0 Å². The van der Waals surface area contributed by atoms with Gasteiger partial charge in [-0.15, -0.1) is 0 Å². The molecule has 1 N–H and O–H groups in total. The van der Waals surface area contributed by atoms with Crippen LogP contribution < -0.4 is 0 Å². The largest absolute Gasteiger partial charge is 0.385 e. The molecule has 15 heavy (non-hydrogen) atoms. The summed E-state index contributed by atoms with van der Waals surface area (Å²) in [6.07, 6.45) is 5.89. The van der Waals surface area contributed by atoms with Crippen molar-refractivity contribution in [3.05, 3.63) is 23.4 Å². The van der Waals surface area contributed by atoms with E-state index in [1.165, 1.54) is 11.8 Å². The summed E-state index contributed by atoms with van der Waals surface area (Å²) in [6.45, 7) is 5.58. The minimum Gasteiger partial charge on any atom is -0.385 e. The molecule has 1 unspecified atom stereocenters. The smallest absolute Gasteiger partial charge is 0.0916 e. The van der Waals surface area contributed by atoms with Gasteiger partial charge in [-0.05, 0) is 26.8 Å². The molecular weight excluding hydrogens is 208 g/mol. The molecular formula is C11H18N2OS. The lowest BCUT2D eigenvalue weighted by Crippen LogP contribution is -2.21. The lowest BCUT2D eigenvalue weighted by molar-refractivity contribution is 0.128. The second kappa shape index (κ2) is 4.86. The average molecular weight is 226 g/mol. The zero-order valence-electron chi connectivity index (χ0n) is 9.64. The van der Waals surface area contributed by atoms with Gasteiger partial charge in [-0.25, -0.2) is 0 Å². The van der Waals surface area contributed by atoms with Crippen LogP contribution in [0.1, 0.15) is 20.8 Å². The van der Waals surface area contributed by atoms with E-state index in [4.69, 9.17) is 0 Å². The molecule has 1 aliphatic rings. The summed E-state index contributed by atoms with van der Waals surface area (Å²) in [4.78, 5) is 7.13. The van der Waals surface area contributed by atoms with Gasteiger partial charge in [-0.3, -0.25) is 4.99 Å². The Morgan fingerprint density at radius 1 is 1.53 bits per heavy atom. The van der Waals surface area contributed by atoms with Crippen LogP contribution in [0.25, 0.3) is 0 Å². The van der Waals surface area contributed by atoms with Crippen molar-refractivity contribution in [2.24, 2.45) is 4.99 Å². The maximum Gasteiger partial charge on any atom is 0.0916 e. The predicted octanol–water partition coefficient (Wildman–Crippen LogP) is 2.21. The van der Waals surface area contributed by atoms with Gasteiger partial charge in [-0.1, -0.05) is 11.8 Å². The van der Waals surface area contributed by atoms with Crippen LogP contribution in [0.4, 0.5) is 0 Å². The second-order valence-corrected chi connectivity index (χ2v) is 5.06. The number of thioether (sulfide) groups is 1. The first-order valence-corrected chi connectivity index (χ1v) is 5.81. The maximum atomic E-state index is 9.93. The molecule has 0 fully saturated rings. The van der Waals surface area contributed by atoms with Crippen molar-refractivity contribution in [3.63, 3.8) is 0 Å². The van der Waals surface area contributed by atoms with Crippen LogP contribution >= 0.6 is 11.8 Å². The number of aliphatic imine (C=N–C) groups is 1. The first-order valence-electron chi connectivity index (χ1n) is 4.93. The Morgan fingerprint density at radius 2 is 2.20 bits per heavy atom. The standard InChI is InChI=1S/C11H18N2OS/c1-9-5-6-13(4)7-10(11(2,3)14)15-8-12-9/h5-9,14H,1-4H3/b6-5?,10-7-,12-8+. The zero-order chi connectivity index (χ0) is 11.5. The van der Waals surface area contributed by atoms with Crippen molar-refractivity contribution in [1.82, 2.24) is 4.90 Å². The average Bonchev–Trinajstić information content (AvgIpc) is 2.17. The minimum absolute atomic E-state index is 0.175. The van der Waals surface area contributed by atoms with Crippen LogP contribution in [0.3, 0.4) is 0 Å². The highest BCUT2D eigenvalue weighted by molar-refractivity contribution is 8.15. The van der Waals surface area contributed by atoms with E-state index in [9.17, 15) is 5.11 Å². The van der Waals surface area contributed by atoms with Gasteiger partial charge in [-0.2, -0.15) is 0 Å². The fraction of sp³-hybridized carbons (Fsp3) is 0.545. The van der Waals surface area contributed by atoms with Crippen LogP contribution in [0.5, 0.6) is 0 Å². The van der Waals surface area contributed by atoms with Gasteiger partial charge in [0.1, 0.15) is 0 Å². The van der Waals surface area contributed by atoms with Crippen molar-refractivity contribution < 1.29 is 5.11 Å². The van der Waals surface area contributed by atoms with E-state index in [1.54, 1.807) is 19.4 Å². The fourth-order valence-electron chi connectivity index (χ4n) is 1.05. The molecule has 1 atom stereocenters. The summed E-state index contributed by atoms with van der Waals surface area (Å²) in [5, 5.41) is 9.93. The number of nitrogens with zero attached hydrogens (tertiary/aromatic N) is 2. The quantitative estimate of drug-likeness (QED) is 0.744. The highest BCUT2D eigenvalue weighted by Crippen LogP contribution is 2.27. The molecule has 1 aliphatic heterocycles. The Labute approximate surface area is 95.6 Å². The third kappa shape index (κ3) is 4.10. The van der Waals surface area contributed by atoms with E-state index >= 15 is 0 Å². The van der Waals surface area contributed by atoms with E-state index in [-0.39, 0.29) is 6.04 Å². The molecule has 84 valence electrons. The zero-order valence-corrected chi connectivity index (χ0v) is 10.5. The van der Waals surface area contributed by atoms with E-state index in [2.05, 4.69) is 4.99 Å². The first-order chi connectivity index (χ1) is 6.89. The Kier molecular flexibility index (Phi) is 3.99. The molecule has 1 rings (SSSR count). The molecule has 4 heteroatoms. The van der Waals surface area contributed by atoms with Gasteiger partial charge >= 0.3 is 0 Å². The summed E-state index contributed by atoms with van der Waals surface area (Å²) in [5.41, 5.74) is 0.963.